The smallest absolute Gasteiger partial charge is 0.326 e. The van der Waals surface area contributed by atoms with Crippen LogP contribution in [0, 0.1) is 17.2 Å². The average molecular weight is 232 g/mol. The summed E-state index contributed by atoms with van der Waals surface area (Å²) in [6, 6.07) is 8.28. The molecule has 0 bridgehead atoms. The van der Waals surface area contributed by atoms with Crippen molar-refractivity contribution in [1.29, 1.82) is 5.26 Å². The van der Waals surface area contributed by atoms with Crippen molar-refractivity contribution in [3.8, 4) is 6.07 Å². The molecule has 0 aliphatic heterocycles. The van der Waals surface area contributed by atoms with Gasteiger partial charge in [0.2, 0.25) is 0 Å². The highest BCUT2D eigenvalue weighted by Gasteiger charge is 2.19. The first-order chi connectivity index (χ1) is 8.04. The predicted octanol–water partition coefficient (Wildman–Crippen LogP) is 2.47. The van der Waals surface area contributed by atoms with Crippen LogP contribution < -0.4 is 5.32 Å². The normalized spacial score (nSPS) is 11.9. The standard InChI is InChI=1S/C13H16N2O2/c1-9(2)7-12(13(16)17)15-11-6-4-3-5-10(11)8-14/h3-6,9,12,15H,7H2,1-2H3,(H,16,17). The van der Waals surface area contributed by atoms with Crippen molar-refractivity contribution >= 4 is 11.7 Å². The van der Waals surface area contributed by atoms with Gasteiger partial charge in [0.1, 0.15) is 12.1 Å². The lowest BCUT2D eigenvalue weighted by atomic mass is 10.0. The van der Waals surface area contributed by atoms with Crippen molar-refractivity contribution < 1.29 is 9.90 Å². The van der Waals surface area contributed by atoms with Gasteiger partial charge in [0.05, 0.1) is 11.3 Å². The zero-order valence-electron chi connectivity index (χ0n) is 9.97. The molecule has 0 amide bonds. The van der Waals surface area contributed by atoms with E-state index in [9.17, 15) is 4.79 Å². The van der Waals surface area contributed by atoms with Crippen molar-refractivity contribution in [1.82, 2.24) is 0 Å². The molecule has 0 spiro atoms. The summed E-state index contributed by atoms with van der Waals surface area (Å²) in [6.07, 6.45) is 0.523. The summed E-state index contributed by atoms with van der Waals surface area (Å²) in [4.78, 5) is 11.1. The number of para-hydroxylation sites is 1. The number of benzene rings is 1. The first-order valence-electron chi connectivity index (χ1n) is 5.53. The molecule has 0 aliphatic carbocycles. The van der Waals surface area contributed by atoms with Gasteiger partial charge < -0.3 is 10.4 Å². The van der Waals surface area contributed by atoms with E-state index in [0.717, 1.165) is 0 Å². The van der Waals surface area contributed by atoms with Gasteiger partial charge in [-0.15, -0.1) is 0 Å². The van der Waals surface area contributed by atoms with Gasteiger partial charge in [-0.2, -0.15) is 5.26 Å². The summed E-state index contributed by atoms with van der Waals surface area (Å²) in [5, 5.41) is 20.9. The van der Waals surface area contributed by atoms with Gasteiger partial charge in [-0.3, -0.25) is 0 Å². The van der Waals surface area contributed by atoms with Gasteiger partial charge in [-0.25, -0.2) is 4.79 Å². The van der Waals surface area contributed by atoms with Gasteiger partial charge in [0.25, 0.3) is 0 Å². The lowest BCUT2D eigenvalue weighted by Gasteiger charge is -2.18. The van der Waals surface area contributed by atoms with E-state index in [1.165, 1.54) is 0 Å². The molecule has 2 N–H and O–H groups in total. The summed E-state index contributed by atoms with van der Waals surface area (Å²) >= 11 is 0. The first-order valence-corrected chi connectivity index (χ1v) is 5.53. The molecule has 1 aromatic rings. The molecule has 1 atom stereocenters. The van der Waals surface area contributed by atoms with Crippen LogP contribution in [0.5, 0.6) is 0 Å². The van der Waals surface area contributed by atoms with Crippen LogP contribution in [0.15, 0.2) is 24.3 Å². The number of anilines is 1. The number of hydrogen-bond donors (Lipinski definition) is 2. The van der Waals surface area contributed by atoms with E-state index in [2.05, 4.69) is 5.32 Å². The van der Waals surface area contributed by atoms with Crippen molar-refractivity contribution in [2.45, 2.75) is 26.3 Å². The quantitative estimate of drug-likeness (QED) is 0.817. The molecule has 1 rings (SSSR count). The Bertz CT molecular complexity index is 435. The van der Waals surface area contributed by atoms with E-state index in [1.807, 2.05) is 19.9 Å². The second kappa shape index (κ2) is 5.90. The number of carboxylic acid groups (broad SMARTS) is 1. The number of carboxylic acids is 1. The number of aliphatic carboxylic acids is 1. The first kappa shape index (κ1) is 13.0. The predicted molar refractivity (Wildman–Crippen MR) is 65.7 cm³/mol. The molecule has 0 aliphatic rings. The molecular formula is C13H16N2O2. The number of nitriles is 1. The van der Waals surface area contributed by atoms with Crippen LogP contribution in [-0.2, 0) is 4.79 Å². The molecule has 0 saturated heterocycles. The molecule has 0 radical (unpaired) electrons. The Kier molecular flexibility index (Phi) is 4.53. The SMILES string of the molecule is CC(C)CC(Nc1ccccc1C#N)C(=O)O. The van der Waals surface area contributed by atoms with Gasteiger partial charge >= 0.3 is 5.97 Å². The number of nitrogens with one attached hydrogen (secondary N) is 1. The Balaban J connectivity index is 2.86. The Morgan fingerprint density at radius 3 is 2.65 bits per heavy atom. The Labute approximate surface area is 101 Å². The number of nitrogens with zero attached hydrogens (tertiary/aromatic N) is 1. The topological polar surface area (TPSA) is 73.1 Å². The fourth-order valence-corrected chi connectivity index (χ4v) is 1.59. The third kappa shape index (κ3) is 3.80. The van der Waals surface area contributed by atoms with Crippen LogP contribution in [0.1, 0.15) is 25.8 Å². The lowest BCUT2D eigenvalue weighted by Crippen LogP contribution is -2.31. The summed E-state index contributed by atoms with van der Waals surface area (Å²) in [5.41, 5.74) is 1.03. The highest BCUT2D eigenvalue weighted by molar-refractivity contribution is 5.78. The molecule has 4 heteroatoms. The van der Waals surface area contributed by atoms with E-state index >= 15 is 0 Å². The van der Waals surface area contributed by atoms with Crippen LogP contribution in [0.25, 0.3) is 0 Å². The molecule has 17 heavy (non-hydrogen) atoms. The van der Waals surface area contributed by atoms with Crippen LogP contribution in [0.2, 0.25) is 0 Å². The van der Waals surface area contributed by atoms with Crippen molar-refractivity contribution in [2.24, 2.45) is 5.92 Å². The zero-order chi connectivity index (χ0) is 12.8. The minimum atomic E-state index is -0.897. The van der Waals surface area contributed by atoms with E-state index in [4.69, 9.17) is 10.4 Å². The molecule has 1 unspecified atom stereocenters. The maximum absolute atomic E-state index is 11.1. The highest BCUT2D eigenvalue weighted by atomic mass is 16.4. The minimum Gasteiger partial charge on any atom is -0.480 e. The Morgan fingerprint density at radius 1 is 1.47 bits per heavy atom. The molecule has 0 aromatic heterocycles. The van der Waals surface area contributed by atoms with Crippen LogP contribution in [0.4, 0.5) is 5.69 Å². The lowest BCUT2D eigenvalue weighted by molar-refractivity contribution is -0.138. The minimum absolute atomic E-state index is 0.276. The molecule has 0 heterocycles. The van der Waals surface area contributed by atoms with Gasteiger partial charge in [0, 0.05) is 0 Å². The van der Waals surface area contributed by atoms with Gasteiger partial charge in [-0.05, 0) is 24.5 Å². The van der Waals surface area contributed by atoms with Crippen molar-refractivity contribution in [3.05, 3.63) is 29.8 Å². The number of carbonyl (C=O) groups is 1. The summed E-state index contributed by atoms with van der Waals surface area (Å²) in [6.45, 7) is 3.93. The van der Waals surface area contributed by atoms with Gasteiger partial charge in [0.15, 0.2) is 0 Å². The molecule has 0 saturated carbocycles. The maximum atomic E-state index is 11.1. The second-order valence-corrected chi connectivity index (χ2v) is 4.32. The molecule has 1 aromatic carbocycles. The fourth-order valence-electron chi connectivity index (χ4n) is 1.59. The van der Waals surface area contributed by atoms with E-state index in [-0.39, 0.29) is 5.92 Å². The summed E-state index contributed by atoms with van der Waals surface area (Å²) in [5.74, 6) is -0.621. The van der Waals surface area contributed by atoms with Crippen LogP contribution in [-0.4, -0.2) is 17.1 Å². The van der Waals surface area contributed by atoms with Crippen LogP contribution >= 0.6 is 0 Å². The number of hydrogen-bond acceptors (Lipinski definition) is 3. The second-order valence-electron chi connectivity index (χ2n) is 4.32. The molecule has 0 fully saturated rings. The third-order valence-corrected chi connectivity index (χ3v) is 2.38. The van der Waals surface area contributed by atoms with Crippen LogP contribution in [0.3, 0.4) is 0 Å². The molecular weight excluding hydrogens is 216 g/mol. The largest absolute Gasteiger partial charge is 0.480 e. The molecule has 4 nitrogen and oxygen atoms in total. The van der Waals surface area contributed by atoms with Crippen molar-refractivity contribution in [3.63, 3.8) is 0 Å². The Hall–Kier alpha value is -2.02. The monoisotopic (exact) mass is 232 g/mol. The average Bonchev–Trinajstić information content (AvgIpc) is 2.28. The van der Waals surface area contributed by atoms with E-state index in [0.29, 0.717) is 17.7 Å². The number of rotatable bonds is 5. The van der Waals surface area contributed by atoms with Crippen molar-refractivity contribution in [2.75, 3.05) is 5.32 Å². The van der Waals surface area contributed by atoms with E-state index in [1.54, 1.807) is 24.3 Å². The highest BCUT2D eigenvalue weighted by Crippen LogP contribution is 2.17. The third-order valence-electron chi connectivity index (χ3n) is 2.38. The fraction of sp³-hybridized carbons (Fsp3) is 0.385. The Morgan fingerprint density at radius 2 is 2.12 bits per heavy atom. The molecule has 90 valence electrons. The zero-order valence-corrected chi connectivity index (χ0v) is 9.97. The van der Waals surface area contributed by atoms with Gasteiger partial charge in [-0.1, -0.05) is 26.0 Å². The maximum Gasteiger partial charge on any atom is 0.326 e. The van der Waals surface area contributed by atoms with E-state index < -0.39 is 12.0 Å². The summed E-state index contributed by atoms with van der Waals surface area (Å²) < 4.78 is 0. The summed E-state index contributed by atoms with van der Waals surface area (Å²) in [7, 11) is 0.